The second-order valence-electron chi connectivity index (χ2n) is 2.12. The summed E-state index contributed by atoms with van der Waals surface area (Å²) in [6.45, 7) is 0. The Morgan fingerprint density at radius 1 is 1.50 bits per heavy atom. The first-order valence-corrected chi connectivity index (χ1v) is 6.80. The van der Waals surface area contributed by atoms with Gasteiger partial charge in [-0.3, -0.25) is 0 Å². The Morgan fingerprint density at radius 2 is 2.33 bits per heavy atom. The van der Waals surface area contributed by atoms with Crippen LogP contribution in [0.2, 0.25) is 5.15 Å². The fourth-order valence-electron chi connectivity index (χ4n) is 0.924. The normalized spacial score (nSPS) is 10.8. The minimum atomic E-state index is 0.500. The standard InChI is InChI=1S/C6H3ClIN3S/c7-6-2-1-5-4(10-6)3-9-11(5)12-8/h1-3H. The van der Waals surface area contributed by atoms with Gasteiger partial charge >= 0.3 is 0 Å². The van der Waals surface area contributed by atoms with Gasteiger partial charge < -0.3 is 0 Å². The minimum absolute atomic E-state index is 0.500. The number of hydrogen-bond acceptors (Lipinski definition) is 3. The van der Waals surface area contributed by atoms with E-state index in [0.29, 0.717) is 5.15 Å². The fourth-order valence-corrected chi connectivity index (χ4v) is 2.33. The summed E-state index contributed by atoms with van der Waals surface area (Å²) in [5.41, 5.74) is 1.81. The molecule has 2 aromatic rings. The summed E-state index contributed by atoms with van der Waals surface area (Å²) in [5, 5.41) is 4.61. The Morgan fingerprint density at radius 3 is 3.08 bits per heavy atom. The molecular formula is C6H3ClIN3S. The smallest absolute Gasteiger partial charge is 0.129 e. The lowest BCUT2D eigenvalue weighted by atomic mass is 10.4. The number of nitrogens with zero attached hydrogens (tertiary/aromatic N) is 3. The van der Waals surface area contributed by atoms with Crippen molar-refractivity contribution in [2.24, 2.45) is 0 Å². The molecule has 0 radical (unpaired) electrons. The highest BCUT2D eigenvalue weighted by Crippen LogP contribution is 2.22. The van der Waals surface area contributed by atoms with Gasteiger partial charge in [0.15, 0.2) is 0 Å². The van der Waals surface area contributed by atoms with Crippen LogP contribution in [-0.4, -0.2) is 14.2 Å². The van der Waals surface area contributed by atoms with E-state index in [-0.39, 0.29) is 0 Å². The van der Waals surface area contributed by atoms with Crippen molar-refractivity contribution in [3.63, 3.8) is 0 Å². The topological polar surface area (TPSA) is 30.7 Å². The summed E-state index contributed by atoms with van der Waals surface area (Å²) < 4.78 is 1.79. The largest absolute Gasteiger partial charge is 0.233 e. The van der Waals surface area contributed by atoms with E-state index in [1.54, 1.807) is 16.4 Å². The average Bonchev–Trinajstić information content (AvgIpc) is 2.46. The lowest BCUT2D eigenvalue weighted by Gasteiger charge is -1.93. The second kappa shape index (κ2) is 3.39. The summed E-state index contributed by atoms with van der Waals surface area (Å²) >= 11 is 7.88. The highest BCUT2D eigenvalue weighted by Gasteiger charge is 2.02. The molecule has 2 rings (SSSR count). The molecule has 0 atom stereocenters. The van der Waals surface area contributed by atoms with Crippen molar-refractivity contribution in [3.05, 3.63) is 23.5 Å². The molecule has 0 saturated carbocycles. The van der Waals surface area contributed by atoms with E-state index in [1.807, 2.05) is 6.07 Å². The van der Waals surface area contributed by atoms with E-state index >= 15 is 0 Å². The summed E-state index contributed by atoms with van der Waals surface area (Å²) in [5.74, 6) is 0. The Balaban J connectivity index is 2.73. The van der Waals surface area contributed by atoms with Gasteiger partial charge in [0.05, 0.1) is 6.20 Å². The maximum absolute atomic E-state index is 5.71. The van der Waals surface area contributed by atoms with Crippen molar-refractivity contribution in [2.45, 2.75) is 0 Å². The molecule has 0 N–H and O–H groups in total. The first kappa shape index (κ1) is 8.58. The SMILES string of the molecule is Clc1ccc2c(cnn2SI)n1. The Hall–Kier alpha value is -0.0100. The molecule has 0 saturated heterocycles. The molecule has 0 fully saturated rings. The summed E-state index contributed by atoms with van der Waals surface area (Å²) in [6.07, 6.45) is 1.70. The fraction of sp³-hybridized carbons (Fsp3) is 0. The van der Waals surface area contributed by atoms with Crippen molar-refractivity contribution >= 4 is 53.0 Å². The number of hydrogen-bond donors (Lipinski definition) is 0. The molecule has 0 aliphatic carbocycles. The van der Waals surface area contributed by atoms with Crippen LogP contribution in [0.1, 0.15) is 0 Å². The van der Waals surface area contributed by atoms with Crippen LogP contribution < -0.4 is 0 Å². The molecule has 0 bridgehead atoms. The molecule has 0 aliphatic heterocycles. The number of fused-ring (bicyclic) bond motifs is 1. The maximum Gasteiger partial charge on any atom is 0.129 e. The zero-order valence-corrected chi connectivity index (χ0v) is 9.47. The van der Waals surface area contributed by atoms with Crippen LogP contribution in [0.15, 0.2) is 18.3 Å². The molecule has 0 unspecified atom stereocenters. The third-order valence-corrected chi connectivity index (χ3v) is 3.18. The predicted molar refractivity (Wildman–Crippen MR) is 59.5 cm³/mol. The van der Waals surface area contributed by atoms with Gasteiger partial charge in [-0.25, -0.2) is 4.98 Å². The van der Waals surface area contributed by atoms with Crippen molar-refractivity contribution in [3.8, 4) is 0 Å². The third kappa shape index (κ3) is 1.40. The molecule has 6 heteroatoms. The predicted octanol–water partition coefficient (Wildman–Crippen LogP) is 2.93. The molecular weight excluding hydrogens is 309 g/mol. The van der Waals surface area contributed by atoms with E-state index in [9.17, 15) is 0 Å². The lowest BCUT2D eigenvalue weighted by molar-refractivity contribution is 1.05. The number of halogens is 2. The Labute approximate surface area is 90.2 Å². The van der Waals surface area contributed by atoms with Crippen LogP contribution >= 0.6 is 41.9 Å². The van der Waals surface area contributed by atoms with E-state index < -0.39 is 0 Å². The molecule has 12 heavy (non-hydrogen) atoms. The van der Waals surface area contributed by atoms with Gasteiger partial charge in [-0.15, -0.1) is 0 Å². The van der Waals surface area contributed by atoms with Gasteiger partial charge in [0.25, 0.3) is 0 Å². The Kier molecular flexibility index (Phi) is 2.42. The number of pyridine rings is 1. The van der Waals surface area contributed by atoms with E-state index in [1.165, 1.54) is 9.12 Å². The zero-order chi connectivity index (χ0) is 8.55. The van der Waals surface area contributed by atoms with Crippen molar-refractivity contribution in [1.82, 2.24) is 14.2 Å². The van der Waals surface area contributed by atoms with Crippen molar-refractivity contribution < 1.29 is 0 Å². The van der Waals surface area contributed by atoms with Crippen LogP contribution in [0.3, 0.4) is 0 Å². The molecule has 62 valence electrons. The molecule has 0 aromatic carbocycles. The maximum atomic E-state index is 5.71. The summed E-state index contributed by atoms with van der Waals surface area (Å²) in [7, 11) is 1.50. The molecule has 0 spiro atoms. The minimum Gasteiger partial charge on any atom is -0.233 e. The van der Waals surface area contributed by atoms with Gasteiger partial charge in [0.1, 0.15) is 16.2 Å². The quantitative estimate of drug-likeness (QED) is 0.599. The van der Waals surface area contributed by atoms with Crippen molar-refractivity contribution in [1.29, 1.82) is 0 Å². The van der Waals surface area contributed by atoms with Crippen LogP contribution in [-0.2, 0) is 0 Å². The van der Waals surface area contributed by atoms with E-state index in [4.69, 9.17) is 11.6 Å². The molecule has 0 aliphatic rings. The first-order valence-electron chi connectivity index (χ1n) is 3.10. The molecule has 2 aromatic heterocycles. The number of aromatic nitrogens is 3. The highest BCUT2D eigenvalue weighted by molar-refractivity contribution is 14.2. The lowest BCUT2D eigenvalue weighted by Crippen LogP contribution is -1.83. The van der Waals surface area contributed by atoms with Crippen LogP contribution in [0.25, 0.3) is 11.0 Å². The number of rotatable bonds is 1. The third-order valence-electron chi connectivity index (χ3n) is 1.42. The van der Waals surface area contributed by atoms with Crippen LogP contribution in [0, 0.1) is 0 Å². The van der Waals surface area contributed by atoms with Crippen LogP contribution in [0.5, 0.6) is 0 Å². The van der Waals surface area contributed by atoms with Crippen molar-refractivity contribution in [2.75, 3.05) is 0 Å². The molecule has 3 nitrogen and oxygen atoms in total. The van der Waals surface area contributed by atoms with Crippen LogP contribution in [0.4, 0.5) is 0 Å². The summed E-state index contributed by atoms with van der Waals surface area (Å²) in [6, 6.07) is 3.66. The summed E-state index contributed by atoms with van der Waals surface area (Å²) in [4.78, 5) is 4.11. The van der Waals surface area contributed by atoms with Gasteiger partial charge in [0, 0.05) is 30.3 Å². The Bertz CT molecular complexity index is 416. The zero-order valence-electron chi connectivity index (χ0n) is 5.74. The van der Waals surface area contributed by atoms with E-state index in [2.05, 4.69) is 31.3 Å². The monoisotopic (exact) mass is 311 g/mol. The molecule has 0 amide bonds. The van der Waals surface area contributed by atoms with E-state index in [0.717, 1.165) is 11.0 Å². The average molecular weight is 312 g/mol. The van der Waals surface area contributed by atoms with Gasteiger partial charge in [0.2, 0.25) is 0 Å². The van der Waals surface area contributed by atoms with Gasteiger partial charge in [-0.2, -0.15) is 9.19 Å². The first-order chi connectivity index (χ1) is 5.81. The van der Waals surface area contributed by atoms with Gasteiger partial charge in [-0.05, 0) is 12.1 Å². The van der Waals surface area contributed by atoms with Gasteiger partial charge in [-0.1, -0.05) is 11.6 Å². The highest BCUT2D eigenvalue weighted by atomic mass is 127. The molecule has 2 heterocycles. The second-order valence-corrected chi connectivity index (χ2v) is 4.18.